The number of halogens is 1. The van der Waals surface area contributed by atoms with E-state index < -0.39 is 0 Å². The van der Waals surface area contributed by atoms with Crippen LogP contribution in [-0.4, -0.2) is 25.4 Å². The van der Waals surface area contributed by atoms with Gasteiger partial charge in [-0.05, 0) is 42.8 Å². The molecular weight excluding hydrogens is 324 g/mol. The number of aromatic nitrogens is 1. The van der Waals surface area contributed by atoms with Crippen LogP contribution in [0.4, 0.5) is 0 Å². The summed E-state index contributed by atoms with van der Waals surface area (Å²) in [6, 6.07) is 15.4. The fourth-order valence-electron chi connectivity index (χ4n) is 2.11. The molecule has 0 radical (unpaired) electrons. The quantitative estimate of drug-likeness (QED) is 0.544. The first kappa shape index (κ1) is 17.8. The number of pyridine rings is 1. The molecule has 1 heterocycles. The lowest BCUT2D eigenvalue weighted by molar-refractivity contribution is 0.414. The van der Waals surface area contributed by atoms with Crippen LogP contribution in [0.1, 0.15) is 11.1 Å². The van der Waals surface area contributed by atoms with Crippen molar-refractivity contribution in [1.82, 2.24) is 4.98 Å². The minimum atomic E-state index is 0.339. The molecule has 1 N–H and O–H groups in total. The smallest absolute Gasteiger partial charge is 0.138 e. The molecule has 0 unspecified atom stereocenters. The zero-order chi connectivity index (χ0) is 17.5. The number of nitrogens with one attached hydrogen (secondary N) is 1. The predicted octanol–water partition coefficient (Wildman–Crippen LogP) is 4.90. The number of nitrogens with zero attached hydrogens (tertiary/aromatic N) is 1. The Morgan fingerprint density at radius 3 is 2.29 bits per heavy atom. The third-order valence-electron chi connectivity index (χ3n) is 3.39. The molecular formula is C19H19ClN2O2. The lowest BCUT2D eigenvalue weighted by atomic mass is 10.1. The second-order valence-corrected chi connectivity index (χ2v) is 5.45. The molecule has 1 aromatic heterocycles. The maximum Gasteiger partial charge on any atom is 0.138 e. The van der Waals surface area contributed by atoms with E-state index in [0.717, 1.165) is 22.4 Å². The Labute approximate surface area is 146 Å². The Morgan fingerprint density at radius 2 is 1.71 bits per heavy atom. The van der Waals surface area contributed by atoms with Gasteiger partial charge >= 0.3 is 0 Å². The summed E-state index contributed by atoms with van der Waals surface area (Å²) >= 11 is 5.90. The summed E-state index contributed by atoms with van der Waals surface area (Å²) in [5, 5.41) is 8.45. The topological polar surface area (TPSA) is 55.2 Å². The van der Waals surface area contributed by atoms with Gasteiger partial charge in [0, 0.05) is 23.2 Å². The summed E-state index contributed by atoms with van der Waals surface area (Å²) in [5.74, 6) is 1.67. The zero-order valence-corrected chi connectivity index (χ0v) is 14.6. The van der Waals surface area contributed by atoms with Crippen molar-refractivity contribution in [3.05, 3.63) is 64.8 Å². The van der Waals surface area contributed by atoms with Crippen molar-refractivity contribution in [2.24, 2.45) is 0 Å². The molecule has 3 aromatic rings. The molecule has 0 spiro atoms. The summed E-state index contributed by atoms with van der Waals surface area (Å²) in [4.78, 5) is 4.19. The molecule has 124 valence electrons. The van der Waals surface area contributed by atoms with Gasteiger partial charge in [-0.1, -0.05) is 23.7 Å². The van der Waals surface area contributed by atoms with Crippen LogP contribution in [0.3, 0.4) is 0 Å². The normalized spacial score (nSPS) is 9.83. The van der Waals surface area contributed by atoms with Crippen LogP contribution in [0.25, 0.3) is 10.9 Å². The Bertz CT molecular complexity index is 850. The van der Waals surface area contributed by atoms with Crippen molar-refractivity contribution in [2.45, 2.75) is 6.92 Å². The molecule has 0 fully saturated rings. The minimum Gasteiger partial charge on any atom is -0.497 e. The van der Waals surface area contributed by atoms with Crippen LogP contribution in [0.15, 0.2) is 48.5 Å². The van der Waals surface area contributed by atoms with Crippen molar-refractivity contribution in [3.63, 3.8) is 0 Å². The van der Waals surface area contributed by atoms with Gasteiger partial charge in [-0.25, -0.2) is 4.98 Å². The fraction of sp³-hybridized carbons (Fsp3) is 0.158. The third-order valence-corrected chi connectivity index (χ3v) is 3.69. The van der Waals surface area contributed by atoms with Gasteiger partial charge in [0.05, 0.1) is 19.7 Å². The van der Waals surface area contributed by atoms with E-state index in [9.17, 15) is 0 Å². The Hall–Kier alpha value is -2.59. The van der Waals surface area contributed by atoms with Crippen LogP contribution in [0.5, 0.6) is 11.5 Å². The van der Waals surface area contributed by atoms with Crippen molar-refractivity contribution < 1.29 is 9.47 Å². The van der Waals surface area contributed by atoms with Crippen LogP contribution < -0.4 is 9.47 Å². The molecule has 0 bridgehead atoms. The molecule has 0 atom stereocenters. The van der Waals surface area contributed by atoms with E-state index in [4.69, 9.17) is 26.5 Å². The number of fused-ring (bicyclic) bond motifs is 1. The van der Waals surface area contributed by atoms with Gasteiger partial charge in [-0.3, -0.25) is 0 Å². The van der Waals surface area contributed by atoms with Gasteiger partial charge < -0.3 is 14.9 Å². The zero-order valence-electron chi connectivity index (χ0n) is 13.8. The first-order chi connectivity index (χ1) is 11.6. The van der Waals surface area contributed by atoms with Crippen molar-refractivity contribution in [1.29, 1.82) is 5.41 Å². The molecule has 0 amide bonds. The molecule has 5 heteroatoms. The van der Waals surface area contributed by atoms with E-state index in [1.807, 2.05) is 55.5 Å². The number of benzene rings is 2. The standard InChI is InChI=1S/C11H9ClN2O.C8H10O/c1-15-9-3-2-7-4-8(6-13)11(12)14-10(7)5-9;1-7-4-3-5-8(6-7)9-2/h2-6,13H,1H3;3-6H,1-2H3. The monoisotopic (exact) mass is 342 g/mol. The molecule has 0 aliphatic rings. The second-order valence-electron chi connectivity index (χ2n) is 5.09. The van der Waals surface area contributed by atoms with Crippen LogP contribution in [0.2, 0.25) is 5.15 Å². The van der Waals surface area contributed by atoms with E-state index in [-0.39, 0.29) is 0 Å². The van der Waals surface area contributed by atoms with E-state index >= 15 is 0 Å². The highest BCUT2D eigenvalue weighted by molar-refractivity contribution is 6.32. The largest absolute Gasteiger partial charge is 0.497 e. The molecule has 24 heavy (non-hydrogen) atoms. The molecule has 3 rings (SSSR count). The predicted molar refractivity (Wildman–Crippen MR) is 98.9 cm³/mol. The Kier molecular flexibility index (Phi) is 6.15. The van der Waals surface area contributed by atoms with Crippen LogP contribution in [0, 0.1) is 12.3 Å². The first-order valence-electron chi connectivity index (χ1n) is 7.33. The van der Waals surface area contributed by atoms with E-state index in [0.29, 0.717) is 10.7 Å². The van der Waals surface area contributed by atoms with E-state index in [1.165, 1.54) is 11.8 Å². The summed E-state index contributed by atoms with van der Waals surface area (Å²) in [5.41, 5.74) is 2.62. The van der Waals surface area contributed by atoms with E-state index in [2.05, 4.69) is 4.98 Å². The van der Waals surface area contributed by atoms with Gasteiger partial charge in [0.2, 0.25) is 0 Å². The first-order valence-corrected chi connectivity index (χ1v) is 7.70. The fourth-order valence-corrected chi connectivity index (χ4v) is 2.31. The Morgan fingerprint density at radius 1 is 1.00 bits per heavy atom. The number of methoxy groups -OCH3 is 2. The summed E-state index contributed by atoms with van der Waals surface area (Å²) < 4.78 is 10.1. The van der Waals surface area contributed by atoms with Crippen molar-refractivity contribution in [3.8, 4) is 11.5 Å². The van der Waals surface area contributed by atoms with Crippen molar-refractivity contribution in [2.75, 3.05) is 14.2 Å². The average molecular weight is 343 g/mol. The number of rotatable bonds is 3. The highest BCUT2D eigenvalue weighted by Crippen LogP contribution is 2.23. The SMILES string of the molecule is COc1ccc2cc(C=N)c(Cl)nc2c1.COc1cccc(C)c1. The third kappa shape index (κ3) is 4.46. The molecule has 0 aliphatic carbocycles. The lowest BCUT2D eigenvalue weighted by Crippen LogP contribution is -1.89. The number of aryl methyl sites for hydroxylation is 1. The van der Waals surface area contributed by atoms with Gasteiger partial charge in [0.15, 0.2) is 0 Å². The maximum atomic E-state index is 7.16. The number of hydrogen-bond donors (Lipinski definition) is 1. The van der Waals surface area contributed by atoms with Crippen molar-refractivity contribution >= 4 is 28.7 Å². The molecule has 2 aromatic carbocycles. The average Bonchev–Trinajstić information content (AvgIpc) is 2.61. The van der Waals surface area contributed by atoms with Gasteiger partial charge in [0.25, 0.3) is 0 Å². The maximum absolute atomic E-state index is 7.16. The van der Waals surface area contributed by atoms with Crippen LogP contribution >= 0.6 is 11.6 Å². The number of hydrogen-bond acceptors (Lipinski definition) is 4. The molecule has 0 saturated heterocycles. The molecule has 0 aliphatic heterocycles. The molecule has 0 saturated carbocycles. The van der Waals surface area contributed by atoms with Gasteiger partial charge in [-0.15, -0.1) is 0 Å². The summed E-state index contributed by atoms with van der Waals surface area (Å²) in [6.45, 7) is 2.04. The second kappa shape index (κ2) is 8.31. The highest BCUT2D eigenvalue weighted by atomic mass is 35.5. The van der Waals surface area contributed by atoms with Gasteiger partial charge in [-0.2, -0.15) is 0 Å². The number of ether oxygens (including phenoxy) is 2. The van der Waals surface area contributed by atoms with Gasteiger partial charge in [0.1, 0.15) is 16.7 Å². The van der Waals surface area contributed by atoms with E-state index in [1.54, 1.807) is 14.2 Å². The summed E-state index contributed by atoms with van der Waals surface area (Å²) in [7, 11) is 3.28. The Balaban J connectivity index is 0.000000198. The summed E-state index contributed by atoms with van der Waals surface area (Å²) in [6.07, 6.45) is 1.19. The molecule has 4 nitrogen and oxygen atoms in total. The highest BCUT2D eigenvalue weighted by Gasteiger charge is 2.03. The lowest BCUT2D eigenvalue weighted by Gasteiger charge is -2.03. The van der Waals surface area contributed by atoms with Crippen LogP contribution in [-0.2, 0) is 0 Å². The minimum absolute atomic E-state index is 0.339.